The van der Waals surface area contributed by atoms with Gasteiger partial charge in [-0.1, -0.05) is 146 Å². The molecule has 0 bridgehead atoms. The minimum absolute atomic E-state index is 0.0984. The van der Waals surface area contributed by atoms with Gasteiger partial charge in [-0.05, 0) is 105 Å². The summed E-state index contributed by atoms with van der Waals surface area (Å²) in [4.78, 5) is 2.52. The number of hydrogen-bond donors (Lipinski definition) is 0. The maximum absolute atomic E-state index is 2.52. The van der Waals surface area contributed by atoms with Gasteiger partial charge in [-0.25, -0.2) is 0 Å². The lowest BCUT2D eigenvalue weighted by Crippen LogP contribution is -2.28. The number of para-hydroxylation sites is 1. The van der Waals surface area contributed by atoms with Gasteiger partial charge in [0, 0.05) is 22.4 Å². The average molecular weight is 628 g/mol. The molecule has 1 heteroatoms. The van der Waals surface area contributed by atoms with Gasteiger partial charge in [-0.2, -0.15) is 0 Å². The molecule has 1 spiro atoms. The van der Waals surface area contributed by atoms with Crippen LogP contribution < -0.4 is 4.90 Å². The maximum atomic E-state index is 2.52. The highest BCUT2D eigenvalue weighted by molar-refractivity contribution is 6.00. The molecule has 0 N–H and O–H groups in total. The van der Waals surface area contributed by atoms with Crippen molar-refractivity contribution in [1.82, 2.24) is 0 Å². The summed E-state index contributed by atoms with van der Waals surface area (Å²) >= 11 is 0. The van der Waals surface area contributed by atoms with E-state index in [1.807, 2.05) is 0 Å². The molecule has 0 saturated carbocycles. The van der Waals surface area contributed by atoms with Crippen LogP contribution in [0.2, 0.25) is 0 Å². The number of benzene rings is 7. The van der Waals surface area contributed by atoms with E-state index in [0.717, 1.165) is 5.69 Å². The first-order valence-electron chi connectivity index (χ1n) is 17.4. The Balaban J connectivity index is 1.31. The molecule has 0 unspecified atom stereocenters. The van der Waals surface area contributed by atoms with Gasteiger partial charge in [0.15, 0.2) is 0 Å². The molecule has 0 atom stereocenters. The van der Waals surface area contributed by atoms with E-state index in [9.17, 15) is 0 Å². The van der Waals surface area contributed by atoms with Gasteiger partial charge in [-0.15, -0.1) is 0 Å². The van der Waals surface area contributed by atoms with E-state index in [4.69, 9.17) is 0 Å². The summed E-state index contributed by atoms with van der Waals surface area (Å²) in [5, 5.41) is 0. The van der Waals surface area contributed by atoms with Crippen LogP contribution in [0.25, 0.3) is 33.4 Å². The van der Waals surface area contributed by atoms with Gasteiger partial charge in [0.05, 0.1) is 11.1 Å². The number of hydrogen-bond acceptors (Lipinski definition) is 1. The highest BCUT2D eigenvalue weighted by Gasteiger charge is 2.53. The molecular formula is C48H37N. The van der Waals surface area contributed by atoms with Crippen molar-refractivity contribution in [1.29, 1.82) is 0 Å². The first-order chi connectivity index (χ1) is 23.9. The normalized spacial score (nSPS) is 14.9. The maximum Gasteiger partial charge on any atom is 0.0746 e. The Labute approximate surface area is 289 Å². The fraction of sp³-hybridized carbons (Fsp3) is 0.125. The van der Waals surface area contributed by atoms with Crippen molar-refractivity contribution < 1.29 is 0 Å². The third kappa shape index (κ3) is 3.65. The van der Waals surface area contributed by atoms with E-state index in [2.05, 4.69) is 184 Å². The molecule has 0 aliphatic heterocycles. The Morgan fingerprint density at radius 3 is 1.61 bits per heavy atom. The lowest BCUT2D eigenvalue weighted by Gasteiger charge is -2.36. The lowest BCUT2D eigenvalue weighted by atomic mass is 9.69. The van der Waals surface area contributed by atoms with Gasteiger partial charge in [0.1, 0.15) is 0 Å². The highest BCUT2D eigenvalue weighted by atomic mass is 15.1. The fourth-order valence-electron chi connectivity index (χ4n) is 9.47. The summed E-state index contributed by atoms with van der Waals surface area (Å²) in [6, 6.07) is 57.3. The Bertz CT molecular complexity index is 2450. The van der Waals surface area contributed by atoms with Crippen molar-refractivity contribution in [3.05, 3.63) is 196 Å². The molecular weight excluding hydrogens is 591 g/mol. The van der Waals surface area contributed by atoms with Crippen LogP contribution in [0.15, 0.2) is 152 Å². The first kappa shape index (κ1) is 28.4. The molecule has 0 fully saturated rings. The largest absolute Gasteiger partial charge is 0.310 e. The number of aryl methyl sites for hydroxylation is 2. The van der Waals surface area contributed by atoms with Crippen molar-refractivity contribution in [2.75, 3.05) is 4.90 Å². The van der Waals surface area contributed by atoms with Gasteiger partial charge < -0.3 is 4.90 Å². The quantitative estimate of drug-likeness (QED) is 0.188. The van der Waals surface area contributed by atoms with Crippen molar-refractivity contribution in [2.45, 2.75) is 38.5 Å². The van der Waals surface area contributed by atoms with Crippen LogP contribution >= 0.6 is 0 Å². The van der Waals surface area contributed by atoms with Gasteiger partial charge in [0.25, 0.3) is 0 Å². The van der Waals surface area contributed by atoms with Crippen molar-refractivity contribution >= 4 is 17.1 Å². The summed E-state index contributed by atoms with van der Waals surface area (Å²) in [6.07, 6.45) is 0. The minimum Gasteiger partial charge on any atom is -0.310 e. The molecule has 1 nitrogen and oxygen atoms in total. The monoisotopic (exact) mass is 627 g/mol. The van der Waals surface area contributed by atoms with E-state index in [1.54, 1.807) is 0 Å². The Morgan fingerprint density at radius 1 is 0.388 bits per heavy atom. The standard InChI is InChI=1S/C48H37N/c1-30-21-24-37-38-25-22-31(2)28-44(38)48(43(37)27-30)41-19-11-9-16-35(41)39-17-12-20-45(46(39)48)49(32-13-6-5-7-14-32)33-23-26-36-34-15-8-10-18-40(34)47(3,4)42(36)29-33/h5-29H,1-4H3. The molecule has 0 amide bonds. The van der Waals surface area contributed by atoms with Gasteiger partial charge >= 0.3 is 0 Å². The van der Waals surface area contributed by atoms with Crippen LogP contribution in [-0.2, 0) is 10.8 Å². The zero-order valence-corrected chi connectivity index (χ0v) is 28.4. The average Bonchev–Trinajstić information content (AvgIpc) is 3.67. The van der Waals surface area contributed by atoms with Crippen molar-refractivity contribution in [3.63, 3.8) is 0 Å². The van der Waals surface area contributed by atoms with Crippen LogP contribution in [0.1, 0.15) is 58.4 Å². The second-order valence-electron chi connectivity index (χ2n) is 14.7. The van der Waals surface area contributed by atoms with E-state index in [-0.39, 0.29) is 5.41 Å². The predicted molar refractivity (Wildman–Crippen MR) is 204 cm³/mol. The second kappa shape index (κ2) is 9.94. The van der Waals surface area contributed by atoms with Crippen LogP contribution in [0.3, 0.4) is 0 Å². The molecule has 0 aromatic heterocycles. The fourth-order valence-corrected chi connectivity index (χ4v) is 9.47. The molecule has 49 heavy (non-hydrogen) atoms. The summed E-state index contributed by atoms with van der Waals surface area (Å²) in [7, 11) is 0. The van der Waals surface area contributed by atoms with E-state index in [0.29, 0.717) is 0 Å². The molecule has 234 valence electrons. The number of nitrogens with zero attached hydrogens (tertiary/aromatic N) is 1. The van der Waals surface area contributed by atoms with E-state index in [1.165, 1.54) is 89.3 Å². The van der Waals surface area contributed by atoms with Crippen LogP contribution in [0.5, 0.6) is 0 Å². The number of fused-ring (bicyclic) bond motifs is 13. The molecule has 3 aliphatic rings. The molecule has 10 rings (SSSR count). The predicted octanol–water partition coefficient (Wildman–Crippen LogP) is 12.4. The summed E-state index contributed by atoms with van der Waals surface area (Å²) in [5.74, 6) is 0. The highest BCUT2D eigenvalue weighted by Crippen LogP contribution is 2.65. The van der Waals surface area contributed by atoms with Crippen LogP contribution in [-0.4, -0.2) is 0 Å². The summed E-state index contributed by atoms with van der Waals surface area (Å²) in [6.45, 7) is 9.21. The zero-order valence-electron chi connectivity index (χ0n) is 28.4. The molecule has 0 radical (unpaired) electrons. The molecule has 3 aliphatic carbocycles. The second-order valence-corrected chi connectivity index (χ2v) is 14.7. The molecule has 7 aromatic rings. The summed E-state index contributed by atoms with van der Waals surface area (Å²) in [5.41, 5.74) is 21.8. The van der Waals surface area contributed by atoms with Gasteiger partial charge in [0.2, 0.25) is 0 Å². The van der Waals surface area contributed by atoms with Crippen molar-refractivity contribution in [2.24, 2.45) is 0 Å². The Morgan fingerprint density at radius 2 is 0.918 bits per heavy atom. The van der Waals surface area contributed by atoms with E-state index >= 15 is 0 Å². The smallest absolute Gasteiger partial charge is 0.0746 e. The lowest BCUT2D eigenvalue weighted by molar-refractivity contribution is 0.660. The molecule has 7 aromatic carbocycles. The Hall–Kier alpha value is -5.66. The SMILES string of the molecule is Cc1ccc2c(c1)C1(c3cc(C)ccc3-2)c2ccccc2-c2cccc(N(c3ccccc3)c3ccc4c(c3)C(C)(C)c3ccccc3-4)c21. The van der Waals surface area contributed by atoms with Crippen LogP contribution in [0, 0.1) is 13.8 Å². The third-order valence-electron chi connectivity index (χ3n) is 11.6. The molecule has 0 heterocycles. The number of anilines is 3. The van der Waals surface area contributed by atoms with Crippen molar-refractivity contribution in [3.8, 4) is 33.4 Å². The Kier molecular flexibility index (Phi) is 5.75. The minimum atomic E-state index is -0.454. The van der Waals surface area contributed by atoms with Gasteiger partial charge in [-0.3, -0.25) is 0 Å². The zero-order chi connectivity index (χ0) is 33.1. The number of rotatable bonds is 3. The summed E-state index contributed by atoms with van der Waals surface area (Å²) < 4.78 is 0. The molecule has 0 saturated heterocycles. The first-order valence-corrected chi connectivity index (χ1v) is 17.4. The van der Waals surface area contributed by atoms with E-state index < -0.39 is 5.41 Å². The van der Waals surface area contributed by atoms with Crippen LogP contribution in [0.4, 0.5) is 17.1 Å². The topological polar surface area (TPSA) is 3.24 Å². The third-order valence-corrected chi connectivity index (χ3v) is 11.6.